The second-order valence-corrected chi connectivity index (χ2v) is 6.48. The maximum Gasteiger partial charge on any atom is 0.141 e. The van der Waals surface area contributed by atoms with Crippen LogP contribution in [0, 0.1) is 17.1 Å². The van der Waals surface area contributed by atoms with Gasteiger partial charge in [-0.05, 0) is 48.4 Å². The predicted octanol–water partition coefficient (Wildman–Crippen LogP) is 4.72. The first-order valence-corrected chi connectivity index (χ1v) is 8.60. The largest absolute Gasteiger partial charge is 0.324 e. The van der Waals surface area contributed by atoms with Crippen LogP contribution in [0.4, 0.5) is 4.39 Å². The number of imidazole rings is 1. The lowest BCUT2D eigenvalue weighted by atomic mass is 9.99. The molecule has 1 aromatic heterocycles. The van der Waals surface area contributed by atoms with E-state index < -0.39 is 5.82 Å². The summed E-state index contributed by atoms with van der Waals surface area (Å²) in [5.41, 5.74) is 11.1. The van der Waals surface area contributed by atoms with Crippen LogP contribution < -0.4 is 5.73 Å². The number of fused-ring (bicyclic) bond motifs is 1. The fourth-order valence-electron chi connectivity index (χ4n) is 3.22. The number of halogens is 1. The van der Waals surface area contributed by atoms with Crippen molar-refractivity contribution >= 4 is 11.0 Å². The highest BCUT2D eigenvalue weighted by molar-refractivity contribution is 5.79. The lowest BCUT2D eigenvalue weighted by molar-refractivity contribution is 0.624. The molecule has 0 amide bonds. The molecule has 1 heterocycles. The fraction of sp³-hybridized carbons (Fsp3) is 0.0909. The van der Waals surface area contributed by atoms with Crippen LogP contribution in [0.2, 0.25) is 0 Å². The smallest absolute Gasteiger partial charge is 0.141 e. The van der Waals surface area contributed by atoms with Crippen LogP contribution in [-0.2, 0) is 0 Å². The minimum atomic E-state index is -0.517. The second-order valence-electron chi connectivity index (χ2n) is 6.48. The molecule has 4 rings (SSSR count). The molecule has 0 radical (unpaired) electrons. The summed E-state index contributed by atoms with van der Waals surface area (Å²) in [6.07, 6.45) is 1.76. The minimum absolute atomic E-state index is 0.0479. The van der Waals surface area contributed by atoms with Gasteiger partial charge in [0, 0.05) is 17.3 Å². The van der Waals surface area contributed by atoms with Gasteiger partial charge in [-0.2, -0.15) is 5.26 Å². The van der Waals surface area contributed by atoms with E-state index in [9.17, 15) is 9.65 Å². The van der Waals surface area contributed by atoms with Gasteiger partial charge in [-0.1, -0.05) is 30.3 Å². The summed E-state index contributed by atoms with van der Waals surface area (Å²) in [5.74, 6) is -0.517. The highest BCUT2D eigenvalue weighted by Gasteiger charge is 2.12. The van der Waals surface area contributed by atoms with E-state index in [1.165, 1.54) is 6.07 Å². The highest BCUT2D eigenvalue weighted by atomic mass is 19.1. The lowest BCUT2D eigenvalue weighted by Gasteiger charge is -2.10. The molecule has 27 heavy (non-hydrogen) atoms. The quantitative estimate of drug-likeness (QED) is 0.577. The number of hydrogen-bond donors (Lipinski definition) is 1. The van der Waals surface area contributed by atoms with E-state index in [0.29, 0.717) is 5.56 Å². The van der Waals surface area contributed by atoms with E-state index in [1.54, 1.807) is 18.5 Å². The summed E-state index contributed by atoms with van der Waals surface area (Å²) < 4.78 is 15.9. The molecule has 3 aromatic carbocycles. The van der Waals surface area contributed by atoms with Gasteiger partial charge in [0.25, 0.3) is 0 Å². The third-order valence-corrected chi connectivity index (χ3v) is 4.66. The zero-order valence-electron chi connectivity index (χ0n) is 14.7. The SMILES string of the molecule is CC(N)c1ccc2c(c1)ncn2-c1cccc(-c2cccc(F)c2C#N)c1. The monoisotopic (exact) mass is 356 g/mol. The molecule has 2 N–H and O–H groups in total. The molecule has 0 saturated heterocycles. The van der Waals surface area contributed by atoms with Crippen molar-refractivity contribution in [3.8, 4) is 22.9 Å². The molecule has 0 spiro atoms. The third-order valence-electron chi connectivity index (χ3n) is 4.66. The van der Waals surface area contributed by atoms with Crippen molar-refractivity contribution < 1.29 is 4.39 Å². The van der Waals surface area contributed by atoms with Crippen molar-refractivity contribution in [2.45, 2.75) is 13.0 Å². The Morgan fingerprint density at radius 2 is 1.93 bits per heavy atom. The van der Waals surface area contributed by atoms with Gasteiger partial charge in [0.05, 0.1) is 16.6 Å². The minimum Gasteiger partial charge on any atom is -0.324 e. The average Bonchev–Trinajstić information content (AvgIpc) is 3.11. The van der Waals surface area contributed by atoms with E-state index in [-0.39, 0.29) is 11.6 Å². The average molecular weight is 356 g/mol. The molecule has 132 valence electrons. The summed E-state index contributed by atoms with van der Waals surface area (Å²) in [6, 6.07) is 20.2. The molecular formula is C22H17FN4. The lowest BCUT2D eigenvalue weighted by Crippen LogP contribution is -2.04. The predicted molar refractivity (Wildman–Crippen MR) is 104 cm³/mol. The van der Waals surface area contributed by atoms with Crippen LogP contribution >= 0.6 is 0 Å². The Labute approximate surface area is 156 Å². The van der Waals surface area contributed by atoms with Gasteiger partial charge in [0.15, 0.2) is 0 Å². The maximum absolute atomic E-state index is 14.0. The van der Waals surface area contributed by atoms with E-state index in [4.69, 9.17) is 5.73 Å². The van der Waals surface area contributed by atoms with Crippen molar-refractivity contribution in [3.05, 3.63) is 83.9 Å². The van der Waals surface area contributed by atoms with E-state index in [0.717, 1.165) is 27.8 Å². The summed E-state index contributed by atoms with van der Waals surface area (Å²) in [7, 11) is 0. The first-order chi connectivity index (χ1) is 13.1. The summed E-state index contributed by atoms with van der Waals surface area (Å²) in [4.78, 5) is 4.48. The maximum atomic E-state index is 14.0. The van der Waals surface area contributed by atoms with Gasteiger partial charge in [-0.3, -0.25) is 4.57 Å². The number of nitrogens with two attached hydrogens (primary N) is 1. The van der Waals surface area contributed by atoms with Gasteiger partial charge in [0.1, 0.15) is 18.2 Å². The standard InChI is InChI=1S/C22H17FN4/c1-14(25)15-8-9-22-21(11-15)26-13-27(22)17-5-2-4-16(10-17)18-6-3-7-20(23)19(18)12-24/h2-11,13-14H,25H2,1H3. The Bertz CT molecular complexity index is 1180. The Hall–Kier alpha value is -3.49. The summed E-state index contributed by atoms with van der Waals surface area (Å²) in [6.45, 7) is 1.94. The molecule has 0 fully saturated rings. The molecule has 4 nitrogen and oxygen atoms in total. The van der Waals surface area contributed by atoms with Crippen LogP contribution in [0.15, 0.2) is 67.0 Å². The second kappa shape index (κ2) is 6.67. The zero-order valence-corrected chi connectivity index (χ0v) is 14.7. The van der Waals surface area contributed by atoms with E-state index in [1.807, 2.05) is 60.0 Å². The van der Waals surface area contributed by atoms with Crippen molar-refractivity contribution in [1.82, 2.24) is 9.55 Å². The summed E-state index contributed by atoms with van der Waals surface area (Å²) in [5, 5.41) is 9.31. The van der Waals surface area contributed by atoms with Crippen LogP contribution in [0.5, 0.6) is 0 Å². The number of rotatable bonds is 3. The normalized spacial score (nSPS) is 12.1. The third kappa shape index (κ3) is 2.97. The topological polar surface area (TPSA) is 67.6 Å². The summed E-state index contributed by atoms with van der Waals surface area (Å²) >= 11 is 0. The van der Waals surface area contributed by atoms with Gasteiger partial charge in [-0.15, -0.1) is 0 Å². The van der Waals surface area contributed by atoms with Crippen molar-refractivity contribution in [2.24, 2.45) is 5.73 Å². The molecule has 0 aliphatic carbocycles. The van der Waals surface area contributed by atoms with Gasteiger partial charge in [0.2, 0.25) is 0 Å². The highest BCUT2D eigenvalue weighted by Crippen LogP contribution is 2.28. The molecular weight excluding hydrogens is 339 g/mol. The molecule has 1 unspecified atom stereocenters. The van der Waals surface area contributed by atoms with Crippen LogP contribution in [0.3, 0.4) is 0 Å². The fourth-order valence-corrected chi connectivity index (χ4v) is 3.22. The number of benzene rings is 3. The van der Waals surface area contributed by atoms with Crippen molar-refractivity contribution in [3.63, 3.8) is 0 Å². The van der Waals surface area contributed by atoms with Gasteiger partial charge in [-0.25, -0.2) is 9.37 Å². The number of hydrogen-bond acceptors (Lipinski definition) is 3. The van der Waals surface area contributed by atoms with Crippen LogP contribution in [0.25, 0.3) is 27.8 Å². The first-order valence-electron chi connectivity index (χ1n) is 8.60. The van der Waals surface area contributed by atoms with Crippen molar-refractivity contribution in [2.75, 3.05) is 0 Å². The molecule has 5 heteroatoms. The Morgan fingerprint density at radius 1 is 1.11 bits per heavy atom. The molecule has 1 atom stereocenters. The number of nitrogens with zero attached hydrogens (tertiary/aromatic N) is 3. The Balaban J connectivity index is 1.84. The molecule has 0 bridgehead atoms. The Morgan fingerprint density at radius 3 is 2.70 bits per heavy atom. The van der Waals surface area contributed by atoms with Crippen molar-refractivity contribution in [1.29, 1.82) is 5.26 Å². The number of nitriles is 1. The zero-order chi connectivity index (χ0) is 19.0. The van der Waals surface area contributed by atoms with E-state index in [2.05, 4.69) is 4.98 Å². The van der Waals surface area contributed by atoms with E-state index >= 15 is 0 Å². The molecule has 0 aliphatic heterocycles. The molecule has 0 aliphatic rings. The molecule has 0 saturated carbocycles. The van der Waals surface area contributed by atoms with Gasteiger partial charge < -0.3 is 5.73 Å². The molecule has 4 aromatic rings. The van der Waals surface area contributed by atoms with Crippen LogP contribution in [-0.4, -0.2) is 9.55 Å². The van der Waals surface area contributed by atoms with Gasteiger partial charge >= 0.3 is 0 Å². The van der Waals surface area contributed by atoms with Crippen LogP contribution in [0.1, 0.15) is 24.1 Å². The first kappa shape index (κ1) is 17.0. The number of aromatic nitrogens is 2. The Kier molecular flexibility index (Phi) is 4.19.